The normalized spacial score (nSPS) is 20.5. The van der Waals surface area contributed by atoms with Crippen LogP contribution in [0.25, 0.3) is 5.69 Å². The molecule has 12 nitrogen and oxygen atoms in total. The lowest BCUT2D eigenvalue weighted by atomic mass is 9.87. The standard InChI is InChI=1S/C37H42F2N8O4/c1-3-35(26(2)48)47-36(49)46(25-42-47)31-7-5-29(6-8-31)43-14-16-44(17-15-43)30-9-11-32(12-10-30)50-20-27-19-37(51-21-27,22-45-24-40-23-41-45)33-13-4-28(38)18-34(33)39/h4-13,18,23-27,35,48H,3,14-17,19-22H2,1-2H3/t26-,27+,35-,37+/m1/s1. The number of hydrogen-bond acceptors (Lipinski definition) is 9. The van der Waals surface area contributed by atoms with Crippen LogP contribution in [-0.4, -0.2) is 79.7 Å². The smallest absolute Gasteiger partial charge is 0.350 e. The van der Waals surface area contributed by atoms with Crippen molar-refractivity contribution in [2.24, 2.45) is 5.92 Å². The fourth-order valence-electron chi connectivity index (χ4n) is 7.24. The van der Waals surface area contributed by atoms with Crippen LogP contribution >= 0.6 is 0 Å². The molecule has 2 saturated heterocycles. The van der Waals surface area contributed by atoms with Crippen molar-refractivity contribution in [3.63, 3.8) is 0 Å². The number of rotatable bonds is 12. The Hall–Kier alpha value is -5.08. The number of aliphatic hydroxyl groups is 1. The minimum Gasteiger partial charge on any atom is -0.493 e. The number of aromatic nitrogens is 6. The summed E-state index contributed by atoms with van der Waals surface area (Å²) in [5.41, 5.74) is 1.93. The van der Waals surface area contributed by atoms with E-state index in [0.717, 1.165) is 55.1 Å². The Labute approximate surface area is 294 Å². The lowest BCUT2D eigenvalue weighted by Gasteiger charge is -2.37. The molecule has 0 amide bonds. The third-order valence-corrected chi connectivity index (χ3v) is 9.96. The zero-order valence-electron chi connectivity index (χ0n) is 28.7. The van der Waals surface area contributed by atoms with E-state index in [2.05, 4.69) is 37.1 Å². The second kappa shape index (κ2) is 14.6. The SMILES string of the molecule is CC[C@H]([C@@H](C)O)n1ncn(-c2ccc(N3CCN(c4ccc(OC[C@H]5CO[C@@](Cn6cncn6)(c6ccc(F)cc6F)C5)cc4)CC3)cc2)c1=O. The highest BCUT2D eigenvalue weighted by Gasteiger charge is 2.44. The molecule has 0 aliphatic carbocycles. The molecule has 0 spiro atoms. The van der Waals surface area contributed by atoms with Crippen LogP contribution < -0.4 is 20.2 Å². The predicted molar refractivity (Wildman–Crippen MR) is 187 cm³/mol. The highest BCUT2D eigenvalue weighted by molar-refractivity contribution is 5.54. The first-order chi connectivity index (χ1) is 24.7. The molecule has 0 radical (unpaired) electrons. The van der Waals surface area contributed by atoms with E-state index < -0.39 is 23.3 Å². The van der Waals surface area contributed by atoms with Crippen LogP contribution in [-0.2, 0) is 16.9 Å². The van der Waals surface area contributed by atoms with Crippen molar-refractivity contribution in [3.05, 3.63) is 113 Å². The van der Waals surface area contributed by atoms with E-state index in [1.807, 2.05) is 43.3 Å². The molecule has 2 aliphatic heterocycles. The average Bonchev–Trinajstić information content (AvgIpc) is 3.90. The van der Waals surface area contributed by atoms with E-state index in [1.54, 1.807) is 17.9 Å². The van der Waals surface area contributed by atoms with E-state index in [1.165, 1.54) is 34.0 Å². The lowest BCUT2D eigenvalue weighted by Crippen LogP contribution is -2.46. The van der Waals surface area contributed by atoms with E-state index in [-0.39, 0.29) is 24.2 Å². The minimum absolute atomic E-state index is 0.0121. The van der Waals surface area contributed by atoms with Crippen LogP contribution in [0.4, 0.5) is 20.2 Å². The molecule has 4 atom stereocenters. The molecule has 5 aromatic rings. The Morgan fingerprint density at radius 1 is 0.941 bits per heavy atom. The molecule has 51 heavy (non-hydrogen) atoms. The number of ether oxygens (including phenoxy) is 2. The highest BCUT2D eigenvalue weighted by Crippen LogP contribution is 2.42. The number of benzene rings is 3. The van der Waals surface area contributed by atoms with Gasteiger partial charge in [0, 0.05) is 55.1 Å². The van der Waals surface area contributed by atoms with Crippen molar-refractivity contribution in [1.29, 1.82) is 0 Å². The zero-order chi connectivity index (χ0) is 35.5. The van der Waals surface area contributed by atoms with Crippen molar-refractivity contribution < 1.29 is 23.4 Å². The Balaban J connectivity index is 0.923. The first-order valence-electron chi connectivity index (χ1n) is 17.3. The molecule has 0 unspecified atom stereocenters. The van der Waals surface area contributed by atoms with Gasteiger partial charge in [0.1, 0.15) is 42.0 Å². The van der Waals surface area contributed by atoms with Gasteiger partial charge in [-0.1, -0.05) is 13.0 Å². The zero-order valence-corrected chi connectivity index (χ0v) is 28.7. The van der Waals surface area contributed by atoms with Crippen molar-refractivity contribution >= 4 is 11.4 Å². The van der Waals surface area contributed by atoms with Crippen molar-refractivity contribution in [1.82, 2.24) is 29.1 Å². The monoisotopic (exact) mass is 700 g/mol. The van der Waals surface area contributed by atoms with Crippen LogP contribution in [0.3, 0.4) is 0 Å². The van der Waals surface area contributed by atoms with Gasteiger partial charge in [-0.3, -0.25) is 0 Å². The van der Waals surface area contributed by atoms with E-state index in [0.29, 0.717) is 31.6 Å². The number of anilines is 2. The number of aliphatic hydroxyl groups excluding tert-OH is 1. The molecular formula is C37H42F2N8O4. The summed E-state index contributed by atoms with van der Waals surface area (Å²) in [4.78, 5) is 21.7. The third kappa shape index (κ3) is 7.24. The van der Waals surface area contributed by atoms with Gasteiger partial charge in [0.2, 0.25) is 0 Å². The van der Waals surface area contributed by atoms with Gasteiger partial charge in [-0.15, -0.1) is 0 Å². The summed E-state index contributed by atoms with van der Waals surface area (Å²) in [5.74, 6) is -0.563. The largest absolute Gasteiger partial charge is 0.493 e. The summed E-state index contributed by atoms with van der Waals surface area (Å²) in [5, 5.41) is 18.5. The van der Waals surface area contributed by atoms with Gasteiger partial charge in [0.05, 0.1) is 37.6 Å². The van der Waals surface area contributed by atoms with Crippen LogP contribution in [0.2, 0.25) is 0 Å². The molecule has 3 aromatic carbocycles. The summed E-state index contributed by atoms with van der Waals surface area (Å²) in [6.45, 7) is 7.97. The number of piperazine rings is 1. The summed E-state index contributed by atoms with van der Waals surface area (Å²) in [6, 6.07) is 19.2. The second-order valence-electron chi connectivity index (χ2n) is 13.3. The molecule has 0 bridgehead atoms. The number of nitrogens with zero attached hydrogens (tertiary/aromatic N) is 8. The summed E-state index contributed by atoms with van der Waals surface area (Å²) in [7, 11) is 0. The van der Waals surface area contributed by atoms with E-state index in [4.69, 9.17) is 9.47 Å². The molecule has 14 heteroatoms. The van der Waals surface area contributed by atoms with Gasteiger partial charge in [0.15, 0.2) is 0 Å². The van der Waals surface area contributed by atoms with Crippen molar-refractivity contribution in [3.8, 4) is 11.4 Å². The van der Waals surface area contributed by atoms with Crippen LogP contribution in [0.1, 0.15) is 38.3 Å². The molecule has 1 N–H and O–H groups in total. The van der Waals surface area contributed by atoms with Crippen LogP contribution in [0, 0.1) is 17.6 Å². The maximum Gasteiger partial charge on any atom is 0.350 e. The quantitative estimate of drug-likeness (QED) is 0.200. The molecule has 268 valence electrons. The molecule has 2 aromatic heterocycles. The number of halogens is 2. The molecule has 0 saturated carbocycles. The fraction of sp³-hybridized carbons (Fsp3) is 0.405. The third-order valence-electron chi connectivity index (χ3n) is 9.96. The Kier molecular flexibility index (Phi) is 9.87. The summed E-state index contributed by atoms with van der Waals surface area (Å²) < 4.78 is 45.6. The van der Waals surface area contributed by atoms with Gasteiger partial charge < -0.3 is 24.4 Å². The lowest BCUT2D eigenvalue weighted by molar-refractivity contribution is -0.0206. The molecule has 2 fully saturated rings. The molecule has 4 heterocycles. The first kappa shape index (κ1) is 34.4. The van der Waals surface area contributed by atoms with Gasteiger partial charge in [0.25, 0.3) is 0 Å². The first-order valence-corrected chi connectivity index (χ1v) is 17.3. The van der Waals surface area contributed by atoms with Crippen molar-refractivity contribution in [2.75, 3.05) is 49.2 Å². The predicted octanol–water partition coefficient (Wildman–Crippen LogP) is 4.57. The van der Waals surface area contributed by atoms with Crippen LogP contribution in [0.15, 0.2) is 90.5 Å². The summed E-state index contributed by atoms with van der Waals surface area (Å²) >= 11 is 0. The average molecular weight is 701 g/mol. The minimum atomic E-state index is -1.02. The van der Waals surface area contributed by atoms with Gasteiger partial charge in [-0.25, -0.2) is 32.5 Å². The van der Waals surface area contributed by atoms with Crippen molar-refractivity contribution in [2.45, 2.75) is 51.0 Å². The number of hydrogen-bond donors (Lipinski definition) is 1. The van der Waals surface area contributed by atoms with Gasteiger partial charge >= 0.3 is 5.69 Å². The van der Waals surface area contributed by atoms with E-state index in [9.17, 15) is 18.7 Å². The second-order valence-corrected chi connectivity index (χ2v) is 13.3. The topological polar surface area (TPSA) is 116 Å². The van der Waals surface area contributed by atoms with Gasteiger partial charge in [-0.05, 0) is 74.4 Å². The highest BCUT2D eigenvalue weighted by atomic mass is 19.1. The Morgan fingerprint density at radius 3 is 2.22 bits per heavy atom. The maximum atomic E-state index is 15.0. The maximum absolute atomic E-state index is 15.0. The summed E-state index contributed by atoms with van der Waals surface area (Å²) in [6.07, 6.45) is 4.88. The molecule has 2 aliphatic rings. The Morgan fingerprint density at radius 2 is 1.61 bits per heavy atom. The Bertz CT molecular complexity index is 1960. The molecule has 7 rings (SSSR count). The van der Waals surface area contributed by atoms with Crippen LogP contribution in [0.5, 0.6) is 5.75 Å². The fourth-order valence-corrected chi connectivity index (χ4v) is 7.24. The molecular weight excluding hydrogens is 658 g/mol. The van der Waals surface area contributed by atoms with Gasteiger partial charge in [-0.2, -0.15) is 10.2 Å². The van der Waals surface area contributed by atoms with E-state index >= 15 is 0 Å².